The summed E-state index contributed by atoms with van der Waals surface area (Å²) < 4.78 is 5.31. The lowest BCUT2D eigenvalue weighted by Crippen LogP contribution is -2.27. The van der Waals surface area contributed by atoms with Crippen LogP contribution < -0.4 is 15.8 Å². The Labute approximate surface area is 141 Å². The molecule has 0 spiro atoms. The van der Waals surface area contributed by atoms with Crippen molar-refractivity contribution in [2.75, 3.05) is 25.5 Å². The summed E-state index contributed by atoms with van der Waals surface area (Å²) in [7, 11) is 1.64. The number of hydrogen-bond acceptors (Lipinski definition) is 5. The first-order valence-electron chi connectivity index (χ1n) is 7.87. The standard InChI is InChI=1S/C19H21N3O2/c1-24-15-7-8-16-18(21-12-14(23)11-20)10-17(22-19(16)9-15)13-5-3-2-4-6-13/h2-10,14,23H,11-12,20H2,1H3,(H,21,22). The Balaban J connectivity index is 2.09. The summed E-state index contributed by atoms with van der Waals surface area (Å²) in [4.78, 5) is 4.75. The summed E-state index contributed by atoms with van der Waals surface area (Å²) in [5.41, 5.74) is 9.13. The Morgan fingerprint density at radius 1 is 1.17 bits per heavy atom. The van der Waals surface area contributed by atoms with Crippen molar-refractivity contribution in [3.63, 3.8) is 0 Å². The molecule has 0 saturated carbocycles. The van der Waals surface area contributed by atoms with Crippen LogP contribution in [0.2, 0.25) is 0 Å². The number of nitrogens with zero attached hydrogens (tertiary/aromatic N) is 1. The van der Waals surface area contributed by atoms with Crippen LogP contribution >= 0.6 is 0 Å². The lowest BCUT2D eigenvalue weighted by molar-refractivity contribution is 0.196. The van der Waals surface area contributed by atoms with Crippen molar-refractivity contribution in [1.29, 1.82) is 0 Å². The van der Waals surface area contributed by atoms with Gasteiger partial charge in [-0.15, -0.1) is 0 Å². The van der Waals surface area contributed by atoms with Crippen molar-refractivity contribution in [2.45, 2.75) is 6.10 Å². The second-order valence-corrected chi connectivity index (χ2v) is 5.57. The van der Waals surface area contributed by atoms with Crippen LogP contribution in [0, 0.1) is 0 Å². The molecule has 1 unspecified atom stereocenters. The van der Waals surface area contributed by atoms with Gasteiger partial charge in [-0.3, -0.25) is 0 Å². The molecule has 1 heterocycles. The van der Waals surface area contributed by atoms with Crippen molar-refractivity contribution in [1.82, 2.24) is 4.98 Å². The number of pyridine rings is 1. The van der Waals surface area contributed by atoms with Gasteiger partial charge >= 0.3 is 0 Å². The van der Waals surface area contributed by atoms with E-state index in [1.54, 1.807) is 7.11 Å². The molecule has 1 aromatic heterocycles. The number of anilines is 1. The number of hydrogen-bond donors (Lipinski definition) is 3. The molecule has 2 aromatic carbocycles. The summed E-state index contributed by atoms with van der Waals surface area (Å²) in [6.45, 7) is 0.602. The number of aliphatic hydroxyl groups excluding tert-OH is 1. The minimum Gasteiger partial charge on any atom is -0.497 e. The molecule has 124 valence electrons. The van der Waals surface area contributed by atoms with Crippen LogP contribution in [0.15, 0.2) is 54.6 Å². The number of ether oxygens (including phenoxy) is 1. The first-order chi connectivity index (χ1) is 11.7. The number of benzene rings is 2. The highest BCUT2D eigenvalue weighted by molar-refractivity contribution is 5.94. The van der Waals surface area contributed by atoms with Crippen LogP contribution in [0.4, 0.5) is 5.69 Å². The number of nitrogens with two attached hydrogens (primary N) is 1. The van der Waals surface area contributed by atoms with Crippen LogP contribution in [-0.4, -0.2) is 36.4 Å². The fourth-order valence-corrected chi connectivity index (χ4v) is 2.55. The fraction of sp³-hybridized carbons (Fsp3) is 0.211. The van der Waals surface area contributed by atoms with Crippen LogP contribution in [0.5, 0.6) is 5.75 Å². The van der Waals surface area contributed by atoms with Crippen molar-refractivity contribution in [3.05, 3.63) is 54.6 Å². The lowest BCUT2D eigenvalue weighted by atomic mass is 10.1. The predicted molar refractivity (Wildman–Crippen MR) is 97.3 cm³/mol. The van der Waals surface area contributed by atoms with Gasteiger partial charge in [-0.1, -0.05) is 30.3 Å². The Kier molecular flexibility index (Phi) is 4.93. The molecule has 0 aliphatic carbocycles. The molecule has 4 N–H and O–H groups in total. The van der Waals surface area contributed by atoms with E-state index < -0.39 is 6.10 Å². The summed E-state index contributed by atoms with van der Waals surface area (Å²) >= 11 is 0. The maximum atomic E-state index is 9.74. The first kappa shape index (κ1) is 16.2. The van der Waals surface area contributed by atoms with Crippen LogP contribution in [0.1, 0.15) is 0 Å². The SMILES string of the molecule is COc1ccc2c(NCC(O)CN)cc(-c3ccccc3)nc2c1. The van der Waals surface area contributed by atoms with E-state index in [0.29, 0.717) is 6.54 Å². The van der Waals surface area contributed by atoms with Gasteiger partial charge in [0.15, 0.2) is 0 Å². The van der Waals surface area contributed by atoms with Gasteiger partial charge in [0.2, 0.25) is 0 Å². The van der Waals surface area contributed by atoms with Gasteiger partial charge in [-0.2, -0.15) is 0 Å². The Bertz CT molecular complexity index is 821. The Morgan fingerprint density at radius 3 is 2.67 bits per heavy atom. The van der Waals surface area contributed by atoms with Crippen molar-refractivity contribution >= 4 is 16.6 Å². The van der Waals surface area contributed by atoms with E-state index in [0.717, 1.165) is 33.6 Å². The zero-order valence-electron chi connectivity index (χ0n) is 13.6. The summed E-state index contributed by atoms with van der Waals surface area (Å²) in [5, 5.41) is 14.0. The third-order valence-electron chi connectivity index (χ3n) is 3.89. The molecule has 1 atom stereocenters. The van der Waals surface area contributed by atoms with E-state index in [4.69, 9.17) is 15.5 Å². The molecule has 24 heavy (non-hydrogen) atoms. The largest absolute Gasteiger partial charge is 0.497 e. The topological polar surface area (TPSA) is 80.4 Å². The van der Waals surface area contributed by atoms with Gasteiger partial charge in [-0.05, 0) is 18.2 Å². The average Bonchev–Trinajstić information content (AvgIpc) is 2.65. The highest BCUT2D eigenvalue weighted by Gasteiger charge is 2.10. The minimum absolute atomic E-state index is 0.218. The lowest BCUT2D eigenvalue weighted by Gasteiger charge is -2.15. The Hall–Kier alpha value is -2.63. The smallest absolute Gasteiger partial charge is 0.121 e. The third-order valence-corrected chi connectivity index (χ3v) is 3.89. The first-order valence-corrected chi connectivity index (χ1v) is 7.87. The van der Waals surface area contributed by atoms with Gasteiger partial charge in [0.25, 0.3) is 0 Å². The second-order valence-electron chi connectivity index (χ2n) is 5.57. The molecule has 0 aliphatic heterocycles. The van der Waals surface area contributed by atoms with Gasteiger partial charge in [0.1, 0.15) is 5.75 Å². The van der Waals surface area contributed by atoms with E-state index >= 15 is 0 Å². The van der Waals surface area contributed by atoms with Gasteiger partial charge in [0.05, 0.1) is 24.4 Å². The van der Waals surface area contributed by atoms with Crippen LogP contribution in [-0.2, 0) is 0 Å². The number of rotatable bonds is 6. The van der Waals surface area contributed by atoms with Crippen molar-refractivity contribution in [3.8, 4) is 17.0 Å². The van der Waals surface area contributed by atoms with E-state index in [2.05, 4.69) is 5.32 Å². The molecule has 5 heteroatoms. The molecule has 0 radical (unpaired) electrons. The molecule has 0 amide bonds. The van der Waals surface area contributed by atoms with Gasteiger partial charge in [0, 0.05) is 35.8 Å². The Morgan fingerprint density at radius 2 is 1.96 bits per heavy atom. The highest BCUT2D eigenvalue weighted by Crippen LogP contribution is 2.30. The second kappa shape index (κ2) is 7.29. The van der Waals surface area contributed by atoms with Gasteiger partial charge < -0.3 is 20.9 Å². The van der Waals surface area contributed by atoms with Crippen molar-refractivity contribution in [2.24, 2.45) is 5.73 Å². The zero-order chi connectivity index (χ0) is 16.9. The monoisotopic (exact) mass is 323 g/mol. The summed E-state index contributed by atoms with van der Waals surface area (Å²) in [5.74, 6) is 0.758. The number of fused-ring (bicyclic) bond motifs is 1. The maximum absolute atomic E-state index is 9.74. The van der Waals surface area contributed by atoms with Gasteiger partial charge in [-0.25, -0.2) is 4.98 Å². The number of aromatic nitrogens is 1. The number of methoxy groups -OCH3 is 1. The van der Waals surface area contributed by atoms with Crippen LogP contribution in [0.25, 0.3) is 22.2 Å². The molecule has 3 rings (SSSR count). The number of nitrogens with one attached hydrogen (secondary N) is 1. The molecule has 5 nitrogen and oxygen atoms in total. The molecule has 0 fully saturated rings. The molecular formula is C19H21N3O2. The van der Waals surface area contributed by atoms with Crippen molar-refractivity contribution < 1.29 is 9.84 Å². The molecule has 0 aliphatic rings. The van der Waals surface area contributed by atoms with E-state index in [9.17, 15) is 5.11 Å². The molecule has 0 saturated heterocycles. The normalized spacial score (nSPS) is 12.1. The fourth-order valence-electron chi connectivity index (χ4n) is 2.55. The maximum Gasteiger partial charge on any atom is 0.121 e. The molecule has 3 aromatic rings. The molecule has 0 bridgehead atoms. The quantitative estimate of drug-likeness (QED) is 0.650. The van der Waals surface area contributed by atoms with E-state index in [1.807, 2.05) is 54.6 Å². The predicted octanol–water partition coefficient (Wildman–Crippen LogP) is 2.64. The summed E-state index contributed by atoms with van der Waals surface area (Å²) in [6.07, 6.45) is -0.591. The van der Waals surface area contributed by atoms with E-state index in [1.165, 1.54) is 0 Å². The molecular weight excluding hydrogens is 302 g/mol. The highest BCUT2D eigenvalue weighted by atomic mass is 16.5. The zero-order valence-corrected chi connectivity index (χ0v) is 13.6. The third kappa shape index (κ3) is 3.48. The van der Waals surface area contributed by atoms with Crippen LogP contribution in [0.3, 0.4) is 0 Å². The average molecular weight is 323 g/mol. The number of aliphatic hydroxyl groups is 1. The van der Waals surface area contributed by atoms with E-state index in [-0.39, 0.29) is 6.54 Å². The summed E-state index contributed by atoms with van der Waals surface area (Å²) in [6, 6.07) is 17.8. The minimum atomic E-state index is -0.591.